The second-order valence-electron chi connectivity index (χ2n) is 15.7. The average Bonchev–Trinajstić information content (AvgIpc) is 3.28. The van der Waals surface area contributed by atoms with E-state index in [1.54, 1.807) is 0 Å². The number of benzene rings is 1. The summed E-state index contributed by atoms with van der Waals surface area (Å²) in [6, 6.07) is 9.34. The largest absolute Gasteiger partial charge is 0.458 e. The molecule has 5 aliphatic carbocycles. The smallest absolute Gasteiger partial charge is 0.417 e. The first-order valence-electron chi connectivity index (χ1n) is 16.9. The molecule has 10 atom stereocenters. The maximum Gasteiger partial charge on any atom is 0.417 e. The lowest BCUT2D eigenvalue weighted by Gasteiger charge is -2.62. The van der Waals surface area contributed by atoms with Gasteiger partial charge in [0.2, 0.25) is 0 Å². The van der Waals surface area contributed by atoms with Crippen molar-refractivity contribution in [2.24, 2.45) is 52.3 Å². The lowest BCUT2D eigenvalue weighted by Crippen LogP contribution is -2.59. The summed E-state index contributed by atoms with van der Waals surface area (Å²) in [5.74, 6) is 3.14. The van der Waals surface area contributed by atoms with Gasteiger partial charge in [-0.2, -0.15) is 13.2 Å². The Morgan fingerprint density at radius 2 is 1.64 bits per heavy atom. The molecule has 0 spiro atoms. The van der Waals surface area contributed by atoms with Crippen molar-refractivity contribution in [2.75, 3.05) is 0 Å². The van der Waals surface area contributed by atoms with E-state index >= 15 is 0 Å². The maximum absolute atomic E-state index is 13.7. The highest BCUT2D eigenvalue weighted by molar-refractivity contribution is 5.89. The summed E-state index contributed by atoms with van der Waals surface area (Å²) in [7, 11) is 0. The van der Waals surface area contributed by atoms with E-state index in [2.05, 4.69) is 20.8 Å². The van der Waals surface area contributed by atoms with Crippen LogP contribution in [0, 0.1) is 52.3 Å². The van der Waals surface area contributed by atoms with Crippen LogP contribution in [0.5, 0.6) is 0 Å². The molecule has 5 saturated carbocycles. The van der Waals surface area contributed by atoms with Crippen LogP contribution in [-0.4, -0.2) is 29.0 Å². The third-order valence-electron chi connectivity index (χ3n) is 13.9. The number of fused-ring (bicyclic) bond motifs is 5. The first kappa shape index (κ1) is 30.5. The molecule has 0 aromatic heterocycles. The molecule has 6 heteroatoms. The van der Waals surface area contributed by atoms with Crippen molar-refractivity contribution in [1.82, 2.24) is 0 Å². The summed E-state index contributed by atoms with van der Waals surface area (Å²) in [6.07, 6.45) is 7.75. The van der Waals surface area contributed by atoms with Gasteiger partial charge in [-0.25, -0.2) is 4.79 Å². The molecule has 5 aliphatic rings. The van der Waals surface area contributed by atoms with Crippen LogP contribution in [0.3, 0.4) is 0 Å². The standard InChI is InChI=1S/C36H51F3O3/c1-23(12-17-31(24-10-7-11-24)42-32(40)25-8-5-4-6-9-25)28-15-16-29-27-14-13-26-22-35(41,36(37,38)39)21-20-33(26,2)30(27)18-19-34(28,29)3/h4-6,8-9,23-24,26-31,41H,7,10-22H2,1-3H3/t23-,26+,27+,28-,29+,30+,31-,33+,34-,35+/m1/s1. The Morgan fingerprint density at radius 3 is 2.31 bits per heavy atom. The molecule has 3 nitrogen and oxygen atoms in total. The Bertz CT molecular complexity index is 1120. The highest BCUT2D eigenvalue weighted by Gasteiger charge is 2.65. The second kappa shape index (κ2) is 11.1. The van der Waals surface area contributed by atoms with Crippen molar-refractivity contribution in [1.29, 1.82) is 0 Å². The number of carbonyl (C=O) groups excluding carboxylic acids is 1. The number of rotatable bonds is 7. The molecule has 1 N–H and O–H groups in total. The van der Waals surface area contributed by atoms with Gasteiger partial charge < -0.3 is 9.84 Å². The third kappa shape index (κ3) is 5.13. The molecule has 0 radical (unpaired) electrons. The maximum atomic E-state index is 13.7. The van der Waals surface area contributed by atoms with E-state index in [1.165, 1.54) is 19.3 Å². The Morgan fingerprint density at radius 1 is 0.929 bits per heavy atom. The Labute approximate surface area is 250 Å². The van der Waals surface area contributed by atoms with Gasteiger partial charge in [0.25, 0.3) is 0 Å². The van der Waals surface area contributed by atoms with Crippen molar-refractivity contribution >= 4 is 5.97 Å². The minimum atomic E-state index is -4.54. The van der Waals surface area contributed by atoms with Crippen LogP contribution in [0.4, 0.5) is 13.2 Å². The quantitative estimate of drug-likeness (QED) is 0.323. The van der Waals surface area contributed by atoms with Gasteiger partial charge in [-0.15, -0.1) is 0 Å². The fourth-order valence-corrected chi connectivity index (χ4v) is 11.1. The van der Waals surface area contributed by atoms with Crippen LogP contribution in [0.1, 0.15) is 121 Å². The predicted molar refractivity (Wildman–Crippen MR) is 158 cm³/mol. The lowest BCUT2D eigenvalue weighted by atomic mass is 9.43. The van der Waals surface area contributed by atoms with Crippen molar-refractivity contribution in [3.05, 3.63) is 35.9 Å². The van der Waals surface area contributed by atoms with Crippen molar-refractivity contribution in [3.63, 3.8) is 0 Å². The third-order valence-corrected chi connectivity index (χ3v) is 13.9. The topological polar surface area (TPSA) is 46.5 Å². The number of alkyl halides is 3. The molecule has 0 unspecified atom stereocenters. The van der Waals surface area contributed by atoms with E-state index in [1.807, 2.05) is 30.3 Å². The SMILES string of the molecule is C[C@H](CC[C@@H](OC(=O)c1ccccc1)C1CCC1)[C@H]1CC[C@H]2[C@@H]3CC[C@H]4C[C@](O)(C(F)(F)F)CC[C@]4(C)[C@H]3CC[C@]12C. The molecule has 234 valence electrons. The van der Waals surface area contributed by atoms with Crippen LogP contribution < -0.4 is 0 Å². The molecule has 1 aromatic rings. The van der Waals surface area contributed by atoms with E-state index in [9.17, 15) is 23.1 Å². The Balaban J connectivity index is 1.10. The summed E-state index contributed by atoms with van der Waals surface area (Å²) >= 11 is 0. The molecule has 0 aliphatic heterocycles. The second-order valence-corrected chi connectivity index (χ2v) is 15.7. The normalized spacial score (nSPS) is 41.5. The summed E-state index contributed by atoms with van der Waals surface area (Å²) in [5, 5.41) is 10.5. The van der Waals surface area contributed by atoms with Crippen LogP contribution >= 0.6 is 0 Å². The number of carbonyl (C=O) groups is 1. The highest BCUT2D eigenvalue weighted by Crippen LogP contribution is 2.69. The predicted octanol–water partition coefficient (Wildman–Crippen LogP) is 9.38. The molecule has 0 bridgehead atoms. The zero-order valence-corrected chi connectivity index (χ0v) is 25.8. The first-order chi connectivity index (χ1) is 19.9. The number of esters is 1. The fourth-order valence-electron chi connectivity index (χ4n) is 11.1. The van der Waals surface area contributed by atoms with E-state index in [-0.39, 0.29) is 41.7 Å². The molecule has 6 rings (SSSR count). The van der Waals surface area contributed by atoms with Gasteiger partial charge in [0, 0.05) is 0 Å². The molecule has 0 amide bonds. The van der Waals surface area contributed by atoms with Crippen molar-refractivity contribution in [3.8, 4) is 0 Å². The molecular weight excluding hydrogens is 537 g/mol. The first-order valence-corrected chi connectivity index (χ1v) is 16.9. The molecular formula is C36H51F3O3. The number of hydrogen-bond acceptors (Lipinski definition) is 3. The highest BCUT2D eigenvalue weighted by atomic mass is 19.4. The van der Waals surface area contributed by atoms with E-state index in [4.69, 9.17) is 4.74 Å². The van der Waals surface area contributed by atoms with Crippen LogP contribution in [-0.2, 0) is 4.74 Å². The Kier molecular flexibility index (Phi) is 8.06. The summed E-state index contributed by atoms with van der Waals surface area (Å²) in [6.45, 7) is 7.20. The van der Waals surface area contributed by atoms with Crippen LogP contribution in [0.2, 0.25) is 0 Å². The van der Waals surface area contributed by atoms with Gasteiger partial charge in [-0.05, 0) is 148 Å². The number of ether oxygens (including phenoxy) is 1. The van der Waals surface area contributed by atoms with E-state index in [0.29, 0.717) is 47.5 Å². The van der Waals surface area contributed by atoms with Gasteiger partial charge >= 0.3 is 12.1 Å². The Hall–Kier alpha value is -1.56. The number of hydrogen-bond donors (Lipinski definition) is 1. The van der Waals surface area contributed by atoms with Gasteiger partial charge in [0.1, 0.15) is 6.10 Å². The monoisotopic (exact) mass is 588 g/mol. The van der Waals surface area contributed by atoms with Crippen LogP contribution in [0.15, 0.2) is 30.3 Å². The minimum absolute atomic E-state index is 0.00785. The minimum Gasteiger partial charge on any atom is -0.458 e. The fraction of sp³-hybridized carbons (Fsp3) is 0.806. The molecule has 42 heavy (non-hydrogen) atoms. The van der Waals surface area contributed by atoms with Gasteiger partial charge in [-0.1, -0.05) is 45.4 Å². The lowest BCUT2D eigenvalue weighted by molar-refractivity contribution is -0.290. The molecule has 0 heterocycles. The van der Waals surface area contributed by atoms with Gasteiger partial charge in [0.05, 0.1) is 5.56 Å². The summed E-state index contributed by atoms with van der Waals surface area (Å²) < 4.78 is 47.3. The number of aliphatic hydroxyl groups is 1. The summed E-state index contributed by atoms with van der Waals surface area (Å²) in [4.78, 5) is 12.9. The zero-order valence-electron chi connectivity index (χ0n) is 25.8. The van der Waals surface area contributed by atoms with Crippen molar-refractivity contribution < 1.29 is 27.8 Å². The molecule has 0 saturated heterocycles. The van der Waals surface area contributed by atoms with E-state index in [0.717, 1.165) is 51.4 Å². The van der Waals surface area contributed by atoms with Crippen LogP contribution in [0.25, 0.3) is 0 Å². The van der Waals surface area contributed by atoms with Crippen molar-refractivity contribution in [2.45, 2.75) is 129 Å². The molecule has 1 aromatic carbocycles. The molecule has 5 fully saturated rings. The van der Waals surface area contributed by atoms with E-state index < -0.39 is 11.8 Å². The summed E-state index contributed by atoms with van der Waals surface area (Å²) in [5.41, 5.74) is -1.70. The zero-order chi connectivity index (χ0) is 29.9. The van der Waals surface area contributed by atoms with Gasteiger partial charge in [-0.3, -0.25) is 0 Å². The number of halogens is 3. The average molecular weight is 589 g/mol. The van der Waals surface area contributed by atoms with Gasteiger partial charge in [0.15, 0.2) is 5.60 Å².